The molecule has 2 rings (SSSR count). The van der Waals surface area contributed by atoms with Crippen LogP contribution in [0, 0.1) is 6.92 Å². The van der Waals surface area contributed by atoms with Crippen LogP contribution < -0.4 is 11.2 Å². The molecule has 1 aromatic carbocycles. The minimum atomic E-state index is -0.0670. The number of aromatic nitrogens is 3. The van der Waals surface area contributed by atoms with Crippen molar-refractivity contribution in [3.63, 3.8) is 0 Å². The molecule has 0 atom stereocenters. The van der Waals surface area contributed by atoms with Crippen molar-refractivity contribution in [2.24, 2.45) is 0 Å². The maximum atomic E-state index is 11.7. The maximum absolute atomic E-state index is 11.7. The number of amides is 1. The number of carbonyl (C=O) groups is 1. The third-order valence-electron chi connectivity index (χ3n) is 2.79. The standard InChI is InChI=1S/C13H16ClN5OS/c1-9-17-18-13(19(9)15)21-8-12(20)16-6-5-10-3-2-4-11(14)7-10/h2-4,7H,5-6,8,15H2,1H3,(H,16,20). The van der Waals surface area contributed by atoms with Gasteiger partial charge in [0, 0.05) is 11.6 Å². The number of thioether (sulfide) groups is 1. The summed E-state index contributed by atoms with van der Waals surface area (Å²) >= 11 is 7.16. The summed E-state index contributed by atoms with van der Waals surface area (Å²) in [5.41, 5.74) is 1.09. The van der Waals surface area contributed by atoms with Gasteiger partial charge in [-0.25, -0.2) is 4.68 Å². The molecule has 2 aromatic rings. The molecule has 0 fully saturated rings. The Morgan fingerprint density at radius 3 is 2.95 bits per heavy atom. The maximum Gasteiger partial charge on any atom is 0.230 e. The molecule has 0 bridgehead atoms. The molecule has 0 radical (unpaired) electrons. The van der Waals surface area contributed by atoms with Gasteiger partial charge in [0.1, 0.15) is 5.82 Å². The van der Waals surface area contributed by atoms with E-state index < -0.39 is 0 Å². The van der Waals surface area contributed by atoms with Crippen molar-refractivity contribution in [3.8, 4) is 0 Å². The van der Waals surface area contributed by atoms with Crippen molar-refractivity contribution in [3.05, 3.63) is 40.7 Å². The van der Waals surface area contributed by atoms with E-state index in [2.05, 4.69) is 15.5 Å². The monoisotopic (exact) mass is 325 g/mol. The summed E-state index contributed by atoms with van der Waals surface area (Å²) < 4.78 is 1.36. The molecule has 112 valence electrons. The topological polar surface area (TPSA) is 85.8 Å². The first-order valence-corrected chi connectivity index (χ1v) is 7.73. The molecule has 0 aliphatic carbocycles. The summed E-state index contributed by atoms with van der Waals surface area (Å²) in [6, 6.07) is 7.59. The van der Waals surface area contributed by atoms with Gasteiger partial charge in [0.25, 0.3) is 0 Å². The highest BCUT2D eigenvalue weighted by molar-refractivity contribution is 7.99. The third-order valence-corrected chi connectivity index (χ3v) is 3.97. The predicted octanol–water partition coefficient (Wildman–Crippen LogP) is 1.40. The SMILES string of the molecule is Cc1nnc(SCC(=O)NCCc2cccc(Cl)c2)n1N. The van der Waals surface area contributed by atoms with E-state index in [-0.39, 0.29) is 11.7 Å². The van der Waals surface area contributed by atoms with Gasteiger partial charge in [0.05, 0.1) is 5.75 Å². The molecule has 0 saturated carbocycles. The molecule has 1 aromatic heterocycles. The first kappa shape index (κ1) is 15.7. The van der Waals surface area contributed by atoms with E-state index in [1.54, 1.807) is 6.92 Å². The van der Waals surface area contributed by atoms with Crippen molar-refractivity contribution < 1.29 is 4.79 Å². The smallest absolute Gasteiger partial charge is 0.230 e. The second-order valence-electron chi connectivity index (χ2n) is 4.42. The summed E-state index contributed by atoms with van der Waals surface area (Å²) in [5, 5.41) is 11.8. The lowest BCUT2D eigenvalue weighted by Crippen LogP contribution is -2.27. The Morgan fingerprint density at radius 1 is 1.48 bits per heavy atom. The Balaban J connectivity index is 1.71. The fourth-order valence-electron chi connectivity index (χ4n) is 1.67. The van der Waals surface area contributed by atoms with Crippen LogP contribution in [0.1, 0.15) is 11.4 Å². The van der Waals surface area contributed by atoms with Crippen molar-refractivity contribution in [2.45, 2.75) is 18.5 Å². The molecule has 6 nitrogen and oxygen atoms in total. The van der Waals surface area contributed by atoms with Gasteiger partial charge in [-0.05, 0) is 31.0 Å². The van der Waals surface area contributed by atoms with Gasteiger partial charge in [-0.3, -0.25) is 4.79 Å². The highest BCUT2D eigenvalue weighted by Crippen LogP contribution is 2.13. The molecule has 0 unspecified atom stereocenters. The quantitative estimate of drug-likeness (QED) is 0.619. The lowest BCUT2D eigenvalue weighted by Gasteiger charge is -2.05. The average Bonchev–Trinajstić information content (AvgIpc) is 2.77. The fraction of sp³-hybridized carbons (Fsp3) is 0.308. The summed E-state index contributed by atoms with van der Waals surface area (Å²) in [6.45, 7) is 2.32. The second-order valence-corrected chi connectivity index (χ2v) is 5.80. The first-order chi connectivity index (χ1) is 10.1. The molecular weight excluding hydrogens is 310 g/mol. The molecule has 0 aliphatic heterocycles. The average molecular weight is 326 g/mol. The van der Waals surface area contributed by atoms with Crippen molar-refractivity contribution >= 4 is 29.3 Å². The molecular formula is C13H16ClN5OS. The zero-order valence-electron chi connectivity index (χ0n) is 11.5. The number of nitrogens with zero attached hydrogens (tertiary/aromatic N) is 3. The van der Waals surface area contributed by atoms with Crippen LogP contribution in [-0.4, -0.2) is 33.1 Å². The molecule has 1 amide bonds. The van der Waals surface area contributed by atoms with E-state index in [1.165, 1.54) is 16.4 Å². The number of nitrogens with one attached hydrogen (secondary N) is 1. The van der Waals surface area contributed by atoms with Gasteiger partial charge in [-0.15, -0.1) is 10.2 Å². The second kappa shape index (κ2) is 7.33. The van der Waals surface area contributed by atoms with Crippen molar-refractivity contribution in [1.29, 1.82) is 0 Å². The third kappa shape index (κ3) is 4.64. The molecule has 0 aliphatic rings. The normalized spacial score (nSPS) is 10.6. The highest BCUT2D eigenvalue weighted by Gasteiger charge is 2.09. The van der Waals surface area contributed by atoms with Crippen LogP contribution in [0.15, 0.2) is 29.4 Å². The van der Waals surface area contributed by atoms with Gasteiger partial charge in [-0.1, -0.05) is 35.5 Å². The Kier molecular flexibility index (Phi) is 5.46. The summed E-state index contributed by atoms with van der Waals surface area (Å²) in [5.74, 6) is 6.50. The number of carbonyl (C=O) groups excluding carboxylic acids is 1. The van der Waals surface area contributed by atoms with Gasteiger partial charge >= 0.3 is 0 Å². The Hall–Kier alpha value is -1.73. The zero-order valence-corrected chi connectivity index (χ0v) is 13.1. The van der Waals surface area contributed by atoms with Crippen LogP contribution in [-0.2, 0) is 11.2 Å². The van der Waals surface area contributed by atoms with E-state index in [1.807, 2.05) is 24.3 Å². The van der Waals surface area contributed by atoms with Crippen LogP contribution in [0.25, 0.3) is 0 Å². The molecule has 21 heavy (non-hydrogen) atoms. The first-order valence-electron chi connectivity index (χ1n) is 6.37. The van der Waals surface area contributed by atoms with Crippen LogP contribution >= 0.6 is 23.4 Å². The predicted molar refractivity (Wildman–Crippen MR) is 83.8 cm³/mol. The van der Waals surface area contributed by atoms with Gasteiger partial charge in [0.15, 0.2) is 0 Å². The number of hydrogen-bond donors (Lipinski definition) is 2. The molecule has 1 heterocycles. The van der Waals surface area contributed by atoms with Crippen LogP contribution in [0.3, 0.4) is 0 Å². The number of benzene rings is 1. The van der Waals surface area contributed by atoms with E-state index in [0.29, 0.717) is 22.5 Å². The molecule has 3 N–H and O–H groups in total. The summed E-state index contributed by atoms with van der Waals surface area (Å²) in [4.78, 5) is 11.7. The lowest BCUT2D eigenvalue weighted by atomic mass is 10.1. The number of nitrogens with two attached hydrogens (primary N) is 1. The zero-order chi connectivity index (χ0) is 15.2. The van der Waals surface area contributed by atoms with E-state index in [4.69, 9.17) is 17.4 Å². The van der Waals surface area contributed by atoms with Crippen molar-refractivity contribution in [2.75, 3.05) is 18.1 Å². The largest absolute Gasteiger partial charge is 0.355 e. The number of rotatable bonds is 6. The van der Waals surface area contributed by atoms with E-state index in [0.717, 1.165) is 12.0 Å². The lowest BCUT2D eigenvalue weighted by molar-refractivity contribution is -0.118. The number of nitrogen functional groups attached to an aromatic ring is 1. The molecule has 0 saturated heterocycles. The minimum absolute atomic E-state index is 0.0670. The summed E-state index contributed by atoms with van der Waals surface area (Å²) in [6.07, 6.45) is 0.739. The van der Waals surface area contributed by atoms with Gasteiger partial charge in [0.2, 0.25) is 11.1 Å². The number of halogens is 1. The van der Waals surface area contributed by atoms with Crippen LogP contribution in [0.4, 0.5) is 0 Å². The highest BCUT2D eigenvalue weighted by atomic mass is 35.5. The van der Waals surface area contributed by atoms with Gasteiger partial charge in [-0.2, -0.15) is 0 Å². The minimum Gasteiger partial charge on any atom is -0.355 e. The van der Waals surface area contributed by atoms with E-state index in [9.17, 15) is 4.79 Å². The van der Waals surface area contributed by atoms with Gasteiger partial charge < -0.3 is 11.2 Å². The number of aryl methyl sites for hydroxylation is 1. The Bertz CT molecular complexity index is 631. The Morgan fingerprint density at radius 2 is 2.29 bits per heavy atom. The number of hydrogen-bond acceptors (Lipinski definition) is 5. The Labute approximate surface area is 132 Å². The molecule has 8 heteroatoms. The van der Waals surface area contributed by atoms with Crippen LogP contribution in [0.2, 0.25) is 5.02 Å². The summed E-state index contributed by atoms with van der Waals surface area (Å²) in [7, 11) is 0. The molecule has 0 spiro atoms. The fourth-order valence-corrected chi connectivity index (χ4v) is 2.61. The van der Waals surface area contributed by atoms with Crippen molar-refractivity contribution in [1.82, 2.24) is 20.2 Å². The van der Waals surface area contributed by atoms with E-state index >= 15 is 0 Å². The van der Waals surface area contributed by atoms with Crippen LogP contribution in [0.5, 0.6) is 0 Å².